The number of carbonyl (C=O) groups is 1. The Morgan fingerprint density at radius 2 is 1.67 bits per heavy atom. The molecule has 3 rings (SSSR count). The van der Waals surface area contributed by atoms with Crippen molar-refractivity contribution in [2.75, 3.05) is 18.2 Å². The first-order valence-corrected chi connectivity index (χ1v) is 10.0. The summed E-state index contributed by atoms with van der Waals surface area (Å²) in [4.78, 5) is 12.4. The summed E-state index contributed by atoms with van der Waals surface area (Å²) in [5.41, 5.74) is 4.38. The van der Waals surface area contributed by atoms with E-state index in [2.05, 4.69) is 23.5 Å². The van der Waals surface area contributed by atoms with E-state index in [1.54, 1.807) is 18.9 Å². The van der Waals surface area contributed by atoms with Crippen molar-refractivity contribution in [1.29, 1.82) is 0 Å². The van der Waals surface area contributed by atoms with Gasteiger partial charge in [0.15, 0.2) is 0 Å². The summed E-state index contributed by atoms with van der Waals surface area (Å²) in [7, 11) is 1.66. The number of thioether (sulfide) groups is 1. The van der Waals surface area contributed by atoms with Crippen molar-refractivity contribution in [1.82, 2.24) is 0 Å². The van der Waals surface area contributed by atoms with Gasteiger partial charge in [0.1, 0.15) is 5.75 Å². The van der Waals surface area contributed by atoms with E-state index in [4.69, 9.17) is 4.74 Å². The quantitative estimate of drug-likeness (QED) is 0.589. The zero-order valence-corrected chi connectivity index (χ0v) is 16.2. The molecule has 0 heterocycles. The molecule has 0 bridgehead atoms. The number of rotatable bonds is 8. The molecule has 3 aromatic carbocycles. The lowest BCUT2D eigenvalue weighted by molar-refractivity contribution is -0.113. The predicted molar refractivity (Wildman–Crippen MR) is 113 cm³/mol. The normalized spacial score (nSPS) is 10.4. The van der Waals surface area contributed by atoms with Gasteiger partial charge >= 0.3 is 0 Å². The Morgan fingerprint density at radius 3 is 2.48 bits per heavy atom. The molecule has 27 heavy (non-hydrogen) atoms. The topological polar surface area (TPSA) is 38.3 Å². The Bertz CT molecular complexity index is 880. The van der Waals surface area contributed by atoms with Gasteiger partial charge in [-0.1, -0.05) is 60.7 Å². The third kappa shape index (κ3) is 5.90. The maximum absolute atomic E-state index is 12.4. The zero-order valence-electron chi connectivity index (χ0n) is 15.4. The van der Waals surface area contributed by atoms with Gasteiger partial charge in [-0.15, -0.1) is 11.8 Å². The number of benzene rings is 3. The fourth-order valence-corrected chi connectivity index (χ4v) is 3.60. The van der Waals surface area contributed by atoms with Crippen molar-refractivity contribution < 1.29 is 9.53 Å². The number of nitrogens with one attached hydrogen (secondary N) is 1. The maximum Gasteiger partial charge on any atom is 0.234 e. The highest BCUT2D eigenvalue weighted by atomic mass is 32.2. The molecule has 0 aromatic heterocycles. The molecular weight excluding hydrogens is 354 g/mol. The summed E-state index contributed by atoms with van der Waals surface area (Å²) >= 11 is 1.60. The van der Waals surface area contributed by atoms with Crippen LogP contribution in [0.5, 0.6) is 5.75 Å². The molecule has 0 unspecified atom stereocenters. The Labute approximate surface area is 164 Å². The van der Waals surface area contributed by atoms with Crippen molar-refractivity contribution in [2.45, 2.75) is 12.2 Å². The van der Waals surface area contributed by atoms with Gasteiger partial charge in [0.2, 0.25) is 5.91 Å². The van der Waals surface area contributed by atoms with Crippen LogP contribution in [0.4, 0.5) is 5.69 Å². The van der Waals surface area contributed by atoms with E-state index < -0.39 is 0 Å². The molecule has 4 heteroatoms. The Balaban J connectivity index is 1.55. The fourth-order valence-electron chi connectivity index (χ4n) is 2.82. The predicted octanol–water partition coefficient (Wildman–Crippen LogP) is 5.16. The third-order valence-electron chi connectivity index (χ3n) is 4.16. The van der Waals surface area contributed by atoms with E-state index >= 15 is 0 Å². The largest absolute Gasteiger partial charge is 0.497 e. The van der Waals surface area contributed by atoms with Crippen LogP contribution in [-0.2, 0) is 17.0 Å². The Kier molecular flexibility index (Phi) is 6.94. The van der Waals surface area contributed by atoms with Crippen LogP contribution in [0.3, 0.4) is 0 Å². The minimum absolute atomic E-state index is 0.0170. The molecule has 0 aliphatic carbocycles. The number of amides is 1. The summed E-state index contributed by atoms with van der Waals surface area (Å²) in [6.07, 6.45) is 0.800. The van der Waals surface area contributed by atoms with E-state index in [1.165, 1.54) is 5.56 Å². The molecule has 0 spiro atoms. The third-order valence-corrected chi connectivity index (χ3v) is 5.17. The second-order valence-corrected chi connectivity index (χ2v) is 7.20. The smallest absolute Gasteiger partial charge is 0.234 e. The molecule has 0 saturated heterocycles. The van der Waals surface area contributed by atoms with Crippen LogP contribution < -0.4 is 10.1 Å². The molecular formula is C23H23NO2S. The van der Waals surface area contributed by atoms with Crippen LogP contribution in [0, 0.1) is 0 Å². The number of carbonyl (C=O) groups excluding carboxylic acids is 1. The highest BCUT2D eigenvalue weighted by molar-refractivity contribution is 7.99. The standard InChI is InChI=1S/C23H23NO2S/c1-26-21-12-7-10-19(15-21)16-27-17-23(25)24-22-13-6-5-11-20(22)14-18-8-3-2-4-9-18/h2-13,15H,14,16-17H2,1H3,(H,24,25). The average Bonchev–Trinajstić information content (AvgIpc) is 2.70. The van der Waals surface area contributed by atoms with Crippen molar-refractivity contribution in [3.8, 4) is 5.75 Å². The molecule has 1 N–H and O–H groups in total. The number of hydrogen-bond donors (Lipinski definition) is 1. The average molecular weight is 378 g/mol. The first-order valence-electron chi connectivity index (χ1n) is 8.87. The van der Waals surface area contributed by atoms with Crippen LogP contribution in [0.2, 0.25) is 0 Å². The van der Waals surface area contributed by atoms with Crippen LogP contribution >= 0.6 is 11.8 Å². The summed E-state index contributed by atoms with van der Waals surface area (Å²) in [6.45, 7) is 0. The van der Waals surface area contributed by atoms with Crippen molar-refractivity contribution in [3.05, 3.63) is 95.6 Å². The minimum Gasteiger partial charge on any atom is -0.497 e. The van der Waals surface area contributed by atoms with Gasteiger partial charge in [0, 0.05) is 11.4 Å². The number of anilines is 1. The van der Waals surface area contributed by atoms with Crippen molar-refractivity contribution in [3.63, 3.8) is 0 Å². The lowest BCUT2D eigenvalue weighted by Crippen LogP contribution is -2.15. The second-order valence-electron chi connectivity index (χ2n) is 6.21. The lowest BCUT2D eigenvalue weighted by Gasteiger charge is -2.11. The van der Waals surface area contributed by atoms with E-state index in [9.17, 15) is 4.79 Å². The molecule has 0 radical (unpaired) electrons. The molecule has 0 saturated carbocycles. The van der Waals surface area contributed by atoms with Crippen LogP contribution in [0.25, 0.3) is 0 Å². The Morgan fingerprint density at radius 1 is 0.926 bits per heavy atom. The van der Waals surface area contributed by atoms with Gasteiger partial charge < -0.3 is 10.1 Å². The Hall–Kier alpha value is -2.72. The van der Waals surface area contributed by atoms with Crippen LogP contribution in [-0.4, -0.2) is 18.8 Å². The first-order chi connectivity index (χ1) is 13.2. The fraction of sp³-hybridized carbons (Fsp3) is 0.174. The number of hydrogen-bond acceptors (Lipinski definition) is 3. The summed E-state index contributed by atoms with van der Waals surface area (Å²) in [5.74, 6) is 2.04. The van der Waals surface area contributed by atoms with Gasteiger partial charge in [-0.2, -0.15) is 0 Å². The lowest BCUT2D eigenvalue weighted by atomic mass is 10.0. The van der Waals surface area contributed by atoms with Crippen LogP contribution in [0.15, 0.2) is 78.9 Å². The molecule has 1 amide bonds. The molecule has 0 atom stereocenters. The van der Waals surface area contributed by atoms with Crippen molar-refractivity contribution in [2.24, 2.45) is 0 Å². The van der Waals surface area contributed by atoms with Gasteiger partial charge in [0.25, 0.3) is 0 Å². The first kappa shape index (κ1) is 19.1. The van der Waals surface area contributed by atoms with E-state index in [0.29, 0.717) is 5.75 Å². The highest BCUT2D eigenvalue weighted by Crippen LogP contribution is 2.21. The summed E-state index contributed by atoms with van der Waals surface area (Å²) in [6, 6.07) is 26.2. The van der Waals surface area contributed by atoms with Crippen LogP contribution in [0.1, 0.15) is 16.7 Å². The van der Waals surface area contributed by atoms with E-state index in [-0.39, 0.29) is 5.91 Å². The SMILES string of the molecule is COc1cccc(CSCC(=O)Nc2ccccc2Cc2ccccc2)c1. The highest BCUT2D eigenvalue weighted by Gasteiger charge is 2.08. The van der Waals surface area contributed by atoms with Gasteiger partial charge in [-0.05, 0) is 41.3 Å². The molecule has 0 aliphatic heterocycles. The molecule has 3 aromatic rings. The molecule has 0 aliphatic rings. The number of para-hydroxylation sites is 1. The van der Waals surface area contributed by atoms with E-state index in [1.807, 2.05) is 60.7 Å². The summed E-state index contributed by atoms with van der Waals surface area (Å²) < 4.78 is 5.23. The minimum atomic E-state index is 0.0170. The zero-order chi connectivity index (χ0) is 18.9. The monoisotopic (exact) mass is 377 g/mol. The summed E-state index contributed by atoms with van der Waals surface area (Å²) in [5, 5.41) is 3.06. The van der Waals surface area contributed by atoms with Gasteiger partial charge in [0.05, 0.1) is 12.9 Å². The second kappa shape index (κ2) is 9.83. The van der Waals surface area contributed by atoms with Crippen molar-refractivity contribution >= 4 is 23.4 Å². The van der Waals surface area contributed by atoms with Gasteiger partial charge in [-0.25, -0.2) is 0 Å². The van der Waals surface area contributed by atoms with E-state index in [0.717, 1.165) is 34.7 Å². The maximum atomic E-state index is 12.4. The number of methoxy groups -OCH3 is 1. The van der Waals surface area contributed by atoms with Gasteiger partial charge in [-0.3, -0.25) is 4.79 Å². The molecule has 0 fully saturated rings. The number of ether oxygens (including phenoxy) is 1. The molecule has 138 valence electrons. The molecule has 3 nitrogen and oxygen atoms in total.